The minimum absolute atomic E-state index is 0.659. The maximum absolute atomic E-state index is 6.06. The number of rotatable bonds is 5. The molecule has 19 heavy (non-hydrogen) atoms. The smallest absolute Gasteiger partial charge is 0.0426 e. The minimum atomic E-state index is 0.659. The van der Waals surface area contributed by atoms with E-state index in [4.69, 9.17) is 11.6 Å². The molecular weight excluding hydrogens is 258 g/mol. The maximum atomic E-state index is 6.06. The van der Waals surface area contributed by atoms with Crippen LogP contribution in [-0.2, 0) is 0 Å². The Bertz CT molecular complexity index is 389. The Hall–Kier alpha value is -0.770. The molecule has 1 saturated heterocycles. The van der Waals surface area contributed by atoms with E-state index in [0.29, 0.717) is 6.04 Å². The van der Waals surface area contributed by atoms with Gasteiger partial charge in [0.2, 0.25) is 0 Å². The zero-order chi connectivity index (χ0) is 13.7. The fraction of sp³-hybridized carbons (Fsp3) is 0.600. The first-order chi connectivity index (χ1) is 9.24. The van der Waals surface area contributed by atoms with Crippen molar-refractivity contribution in [2.24, 2.45) is 0 Å². The number of nitrogens with one attached hydrogen (secondary N) is 1. The molecule has 1 aliphatic heterocycles. The summed E-state index contributed by atoms with van der Waals surface area (Å²) >= 11 is 6.06. The van der Waals surface area contributed by atoms with Crippen LogP contribution in [0.4, 0.5) is 5.69 Å². The first-order valence-electron chi connectivity index (χ1n) is 7.13. The summed E-state index contributed by atoms with van der Waals surface area (Å²) in [6.45, 7) is 7.78. The number of halogens is 1. The number of benzene rings is 1. The maximum Gasteiger partial charge on any atom is 0.0426 e. The lowest BCUT2D eigenvalue weighted by Gasteiger charge is -2.40. The van der Waals surface area contributed by atoms with Gasteiger partial charge in [0.1, 0.15) is 0 Å². The third kappa shape index (κ3) is 3.85. The van der Waals surface area contributed by atoms with Gasteiger partial charge in [0.25, 0.3) is 0 Å². The highest BCUT2D eigenvalue weighted by atomic mass is 35.5. The summed E-state index contributed by atoms with van der Waals surface area (Å²) in [5.41, 5.74) is 1.24. The summed E-state index contributed by atoms with van der Waals surface area (Å²) in [6, 6.07) is 8.82. The van der Waals surface area contributed by atoms with E-state index in [2.05, 4.69) is 34.2 Å². The topological polar surface area (TPSA) is 18.5 Å². The molecule has 0 aliphatic carbocycles. The van der Waals surface area contributed by atoms with Crippen molar-refractivity contribution in [1.82, 2.24) is 10.2 Å². The molecule has 1 heterocycles. The van der Waals surface area contributed by atoms with E-state index in [0.717, 1.165) is 37.7 Å². The van der Waals surface area contributed by atoms with Crippen molar-refractivity contribution >= 4 is 17.3 Å². The highest BCUT2D eigenvalue weighted by molar-refractivity contribution is 6.30. The summed E-state index contributed by atoms with van der Waals surface area (Å²) < 4.78 is 0. The van der Waals surface area contributed by atoms with Crippen molar-refractivity contribution in [3.8, 4) is 0 Å². The summed E-state index contributed by atoms with van der Waals surface area (Å²) in [4.78, 5) is 5.02. The molecule has 0 radical (unpaired) electrons. The van der Waals surface area contributed by atoms with Gasteiger partial charge in [-0.25, -0.2) is 0 Å². The van der Waals surface area contributed by atoms with Gasteiger partial charge in [0.05, 0.1) is 0 Å². The zero-order valence-electron chi connectivity index (χ0n) is 11.9. The van der Waals surface area contributed by atoms with Crippen molar-refractivity contribution in [3.05, 3.63) is 29.3 Å². The lowest BCUT2D eigenvalue weighted by molar-refractivity contribution is 0.178. The molecule has 106 valence electrons. The van der Waals surface area contributed by atoms with Crippen LogP contribution in [0.5, 0.6) is 0 Å². The van der Waals surface area contributed by atoms with Gasteiger partial charge in [-0.15, -0.1) is 0 Å². The van der Waals surface area contributed by atoms with E-state index in [9.17, 15) is 0 Å². The summed E-state index contributed by atoms with van der Waals surface area (Å²) in [5.74, 6) is 0. The van der Waals surface area contributed by atoms with Gasteiger partial charge >= 0.3 is 0 Å². The molecule has 3 nitrogen and oxygen atoms in total. The molecule has 0 spiro atoms. The number of likely N-dealkylation sites (N-methyl/N-ethyl adjacent to an activating group) is 1. The van der Waals surface area contributed by atoms with Gasteiger partial charge in [-0.2, -0.15) is 0 Å². The Balaban J connectivity index is 1.91. The lowest BCUT2D eigenvalue weighted by Crippen LogP contribution is -2.52. The van der Waals surface area contributed by atoms with E-state index < -0.39 is 0 Å². The van der Waals surface area contributed by atoms with Crippen LogP contribution in [0.2, 0.25) is 5.02 Å². The Labute approximate surface area is 121 Å². The van der Waals surface area contributed by atoms with E-state index in [1.807, 2.05) is 19.2 Å². The van der Waals surface area contributed by atoms with Gasteiger partial charge in [-0.05, 0) is 31.7 Å². The molecule has 0 amide bonds. The van der Waals surface area contributed by atoms with Gasteiger partial charge in [-0.3, -0.25) is 4.90 Å². The van der Waals surface area contributed by atoms with Crippen molar-refractivity contribution in [1.29, 1.82) is 0 Å². The van der Waals surface area contributed by atoms with Gasteiger partial charge in [0.15, 0.2) is 0 Å². The molecule has 0 bridgehead atoms. The summed E-state index contributed by atoms with van der Waals surface area (Å²) in [5, 5.41) is 4.11. The zero-order valence-corrected chi connectivity index (χ0v) is 12.7. The van der Waals surface area contributed by atoms with Crippen LogP contribution >= 0.6 is 11.6 Å². The van der Waals surface area contributed by atoms with Crippen LogP contribution in [0, 0.1) is 0 Å². The predicted molar refractivity (Wildman–Crippen MR) is 83.2 cm³/mol. The van der Waals surface area contributed by atoms with Crippen molar-refractivity contribution in [3.63, 3.8) is 0 Å². The van der Waals surface area contributed by atoms with Crippen LogP contribution < -0.4 is 10.2 Å². The molecule has 1 N–H and O–H groups in total. The molecule has 1 atom stereocenters. The first kappa shape index (κ1) is 14.6. The van der Waals surface area contributed by atoms with Crippen molar-refractivity contribution < 1.29 is 0 Å². The van der Waals surface area contributed by atoms with E-state index in [1.54, 1.807) is 0 Å². The molecule has 4 heteroatoms. The standard InChI is InChI=1S/C15H24ClN3/c1-3-14(12-17-2)18-7-9-19(10-8-18)15-6-4-5-13(16)11-15/h4-6,11,14,17H,3,7-10,12H2,1-2H3. The van der Waals surface area contributed by atoms with Crippen LogP contribution in [0.1, 0.15) is 13.3 Å². The molecular formula is C15H24ClN3. The highest BCUT2D eigenvalue weighted by Crippen LogP contribution is 2.21. The lowest BCUT2D eigenvalue weighted by atomic mass is 10.1. The van der Waals surface area contributed by atoms with Crippen molar-refractivity contribution in [2.75, 3.05) is 44.7 Å². The van der Waals surface area contributed by atoms with E-state index in [1.165, 1.54) is 12.1 Å². The SMILES string of the molecule is CCC(CNC)N1CCN(c2cccc(Cl)c2)CC1. The second-order valence-corrected chi connectivity index (χ2v) is 5.56. The molecule has 0 aromatic heterocycles. The average molecular weight is 282 g/mol. The van der Waals surface area contributed by atoms with Crippen LogP contribution in [0.15, 0.2) is 24.3 Å². The number of piperazine rings is 1. The van der Waals surface area contributed by atoms with Crippen LogP contribution in [0.3, 0.4) is 0 Å². The molecule has 1 fully saturated rings. The van der Waals surface area contributed by atoms with E-state index >= 15 is 0 Å². The number of hydrogen-bond donors (Lipinski definition) is 1. The predicted octanol–water partition coefficient (Wildman–Crippen LogP) is 2.46. The molecule has 0 saturated carbocycles. The molecule has 2 rings (SSSR count). The van der Waals surface area contributed by atoms with Crippen molar-refractivity contribution in [2.45, 2.75) is 19.4 Å². The third-order valence-electron chi connectivity index (χ3n) is 3.92. The Morgan fingerprint density at radius 2 is 2.00 bits per heavy atom. The monoisotopic (exact) mass is 281 g/mol. The minimum Gasteiger partial charge on any atom is -0.369 e. The van der Waals surface area contributed by atoms with Gasteiger partial charge in [0, 0.05) is 49.5 Å². The first-order valence-corrected chi connectivity index (χ1v) is 7.51. The quantitative estimate of drug-likeness (QED) is 0.894. The molecule has 1 aliphatic rings. The number of anilines is 1. The van der Waals surface area contributed by atoms with Gasteiger partial charge < -0.3 is 10.2 Å². The Morgan fingerprint density at radius 1 is 1.26 bits per heavy atom. The second-order valence-electron chi connectivity index (χ2n) is 5.12. The van der Waals surface area contributed by atoms with Crippen LogP contribution in [0.25, 0.3) is 0 Å². The number of hydrogen-bond acceptors (Lipinski definition) is 3. The highest BCUT2D eigenvalue weighted by Gasteiger charge is 2.22. The normalized spacial score (nSPS) is 18.6. The van der Waals surface area contributed by atoms with E-state index in [-0.39, 0.29) is 0 Å². The Kier molecular flexibility index (Phi) is 5.49. The largest absolute Gasteiger partial charge is 0.369 e. The van der Waals surface area contributed by atoms with Gasteiger partial charge in [-0.1, -0.05) is 24.6 Å². The fourth-order valence-electron chi connectivity index (χ4n) is 2.79. The molecule has 1 aromatic carbocycles. The second kappa shape index (κ2) is 7.13. The van der Waals surface area contributed by atoms with Crippen LogP contribution in [-0.4, -0.2) is 50.7 Å². The summed E-state index contributed by atoms with van der Waals surface area (Å²) in [6.07, 6.45) is 1.21. The molecule has 1 aromatic rings. The molecule has 1 unspecified atom stereocenters. The Morgan fingerprint density at radius 3 is 2.58 bits per heavy atom. The summed E-state index contributed by atoms with van der Waals surface area (Å²) in [7, 11) is 2.03. The fourth-order valence-corrected chi connectivity index (χ4v) is 2.97. The average Bonchev–Trinajstić information content (AvgIpc) is 2.45. The number of nitrogens with zero attached hydrogens (tertiary/aromatic N) is 2. The third-order valence-corrected chi connectivity index (χ3v) is 4.15.